The Balaban J connectivity index is 2.27. The van der Waals surface area contributed by atoms with E-state index in [9.17, 15) is 9.18 Å². The second-order valence-electron chi connectivity index (χ2n) is 7.35. The second kappa shape index (κ2) is 7.21. The summed E-state index contributed by atoms with van der Waals surface area (Å²) in [6.07, 6.45) is -1.25. The second-order valence-corrected chi connectivity index (χ2v) is 7.35. The first-order valence-corrected chi connectivity index (χ1v) is 8.07. The van der Waals surface area contributed by atoms with E-state index in [2.05, 4.69) is 0 Å². The molecule has 0 spiro atoms. The van der Waals surface area contributed by atoms with Crippen LogP contribution in [0.25, 0.3) is 0 Å². The minimum absolute atomic E-state index is 0.435. The Morgan fingerprint density at radius 1 is 1.36 bits per heavy atom. The number of benzene rings is 1. The number of halogens is 1. The Hall–Kier alpha value is -1.80. The monoisotopic (exact) mass is 352 g/mol. The van der Waals surface area contributed by atoms with Crippen molar-refractivity contribution in [1.82, 2.24) is 4.90 Å². The zero-order valence-electron chi connectivity index (χ0n) is 15.2. The quantitative estimate of drug-likeness (QED) is 0.844. The predicted octanol–water partition coefficient (Wildman–Crippen LogP) is 2.97. The fourth-order valence-electron chi connectivity index (χ4n) is 2.88. The molecule has 2 atom stereocenters. The molecule has 0 saturated carbocycles. The predicted molar refractivity (Wildman–Crippen MR) is 90.8 cm³/mol. The maximum Gasteiger partial charge on any atom is 0.569 e. The van der Waals surface area contributed by atoms with Crippen molar-refractivity contribution in [2.75, 3.05) is 6.67 Å². The van der Waals surface area contributed by atoms with Gasteiger partial charge in [-0.3, -0.25) is 4.90 Å². The Bertz CT molecular complexity index is 602. The lowest BCUT2D eigenvalue weighted by molar-refractivity contribution is -0.0797. The third-order valence-electron chi connectivity index (χ3n) is 3.82. The molecule has 137 valence electrons. The Morgan fingerprint density at radius 2 is 1.96 bits per heavy atom. The lowest BCUT2D eigenvalue weighted by atomic mass is 10.0. The van der Waals surface area contributed by atoms with Crippen molar-refractivity contribution in [3.63, 3.8) is 0 Å². The van der Waals surface area contributed by atoms with E-state index in [4.69, 9.17) is 19.2 Å². The molecule has 25 heavy (non-hydrogen) atoms. The van der Waals surface area contributed by atoms with Crippen molar-refractivity contribution in [2.45, 2.75) is 58.1 Å². The maximum absolute atomic E-state index is 13.8. The average Bonchev–Trinajstić information content (AvgIpc) is 2.77. The molecule has 1 saturated heterocycles. The lowest BCUT2D eigenvalue weighted by Crippen LogP contribution is -2.50. The minimum Gasteiger partial charge on any atom is -0.537 e. The van der Waals surface area contributed by atoms with E-state index >= 15 is 0 Å². The van der Waals surface area contributed by atoms with Crippen LogP contribution >= 0.6 is 0 Å². The fourth-order valence-corrected chi connectivity index (χ4v) is 2.88. The zero-order valence-corrected chi connectivity index (χ0v) is 15.2. The minimum atomic E-state index is -1.02. The standard InChI is InChI=1S/C17H24BFNO5/c1-16(2,3)24-15(21)20-13(10-19)14(23-17(20,4)5)11-6-8-12(9-7-11)25-18-22/h6-9,13-14,22H,10H2,1-5H3/t13-,14-/m1/s1. The van der Waals surface area contributed by atoms with Crippen LogP contribution in [0.15, 0.2) is 24.3 Å². The Morgan fingerprint density at radius 3 is 2.44 bits per heavy atom. The molecule has 1 aromatic rings. The van der Waals surface area contributed by atoms with E-state index in [1.807, 2.05) is 0 Å². The van der Waals surface area contributed by atoms with Gasteiger partial charge in [0.25, 0.3) is 0 Å². The number of alkyl halides is 1. The molecule has 1 aliphatic rings. The zero-order chi connectivity index (χ0) is 18.8. The number of ether oxygens (including phenoxy) is 2. The van der Waals surface area contributed by atoms with Crippen molar-refractivity contribution >= 4 is 13.8 Å². The number of hydrogen-bond donors (Lipinski definition) is 1. The molecule has 0 unspecified atom stereocenters. The maximum atomic E-state index is 13.8. The summed E-state index contributed by atoms with van der Waals surface area (Å²) in [7, 11) is 0.582. The van der Waals surface area contributed by atoms with Crippen LogP contribution in [-0.4, -0.2) is 47.7 Å². The summed E-state index contributed by atoms with van der Waals surface area (Å²) in [5.41, 5.74) is -1.00. The third kappa shape index (κ3) is 4.44. The highest BCUT2D eigenvalue weighted by atomic mass is 19.1. The van der Waals surface area contributed by atoms with E-state index in [0.29, 0.717) is 19.0 Å². The molecule has 6 nitrogen and oxygen atoms in total. The van der Waals surface area contributed by atoms with Gasteiger partial charge in [0.15, 0.2) is 0 Å². The average molecular weight is 352 g/mol. The van der Waals surface area contributed by atoms with Crippen molar-refractivity contribution in [1.29, 1.82) is 0 Å². The summed E-state index contributed by atoms with van der Waals surface area (Å²) in [6.45, 7) is 7.92. The largest absolute Gasteiger partial charge is 0.569 e. The summed E-state index contributed by atoms with van der Waals surface area (Å²) in [5, 5.41) is 8.66. The van der Waals surface area contributed by atoms with Crippen molar-refractivity contribution in [3.8, 4) is 5.75 Å². The Kier molecular flexibility index (Phi) is 5.63. The molecule has 1 aliphatic heterocycles. The van der Waals surface area contributed by atoms with Gasteiger partial charge in [-0.15, -0.1) is 0 Å². The van der Waals surface area contributed by atoms with Crippen LogP contribution in [0.2, 0.25) is 0 Å². The highest BCUT2D eigenvalue weighted by Gasteiger charge is 2.51. The normalized spacial score (nSPS) is 22.6. The molecule has 0 bridgehead atoms. The number of carbonyl (C=O) groups is 1. The molecule has 1 radical (unpaired) electrons. The van der Waals surface area contributed by atoms with E-state index < -0.39 is 36.2 Å². The Labute approximate surface area is 148 Å². The third-order valence-corrected chi connectivity index (χ3v) is 3.82. The summed E-state index contributed by atoms with van der Waals surface area (Å²) in [4.78, 5) is 13.9. The van der Waals surface area contributed by atoms with Gasteiger partial charge < -0.3 is 19.2 Å². The number of amides is 1. The van der Waals surface area contributed by atoms with Gasteiger partial charge >= 0.3 is 13.8 Å². The molecule has 1 heterocycles. The topological polar surface area (TPSA) is 68.2 Å². The van der Waals surface area contributed by atoms with Gasteiger partial charge in [-0.05, 0) is 52.3 Å². The van der Waals surface area contributed by atoms with Gasteiger partial charge in [-0.2, -0.15) is 0 Å². The smallest absolute Gasteiger partial charge is 0.537 e. The van der Waals surface area contributed by atoms with E-state index in [-0.39, 0.29) is 0 Å². The highest BCUT2D eigenvalue weighted by Crippen LogP contribution is 2.42. The first-order valence-electron chi connectivity index (χ1n) is 8.07. The van der Waals surface area contributed by atoms with Crippen LogP contribution in [0.1, 0.15) is 46.3 Å². The lowest BCUT2D eigenvalue weighted by Gasteiger charge is -2.34. The molecule has 1 N–H and O–H groups in total. The molecule has 0 aromatic heterocycles. The molecule has 2 rings (SSSR count). The molecule has 1 amide bonds. The van der Waals surface area contributed by atoms with Gasteiger partial charge in [0.05, 0.1) is 11.8 Å². The van der Waals surface area contributed by atoms with Gasteiger partial charge in [-0.25, -0.2) is 9.18 Å². The van der Waals surface area contributed by atoms with Crippen LogP contribution in [-0.2, 0) is 9.47 Å². The first-order chi connectivity index (χ1) is 11.6. The number of nitrogens with zero attached hydrogens (tertiary/aromatic N) is 1. The molecule has 8 heteroatoms. The van der Waals surface area contributed by atoms with Crippen molar-refractivity contribution in [2.24, 2.45) is 0 Å². The van der Waals surface area contributed by atoms with Crippen LogP contribution in [0, 0.1) is 0 Å². The van der Waals surface area contributed by atoms with Crippen LogP contribution in [0.4, 0.5) is 9.18 Å². The van der Waals surface area contributed by atoms with Gasteiger partial charge in [0, 0.05) is 0 Å². The van der Waals surface area contributed by atoms with Gasteiger partial charge in [0.2, 0.25) is 0 Å². The van der Waals surface area contributed by atoms with Gasteiger partial charge in [-0.1, -0.05) is 12.1 Å². The molecule has 1 aromatic carbocycles. The summed E-state index contributed by atoms with van der Waals surface area (Å²) in [5.74, 6) is 0.435. The van der Waals surface area contributed by atoms with Crippen molar-refractivity contribution < 1.29 is 28.3 Å². The molecular formula is C17H24BFNO5. The summed E-state index contributed by atoms with van der Waals surface area (Å²) >= 11 is 0. The SMILES string of the molecule is CC(C)(C)OC(=O)N1[C@H](CF)[C@@H](c2ccc(O[B]O)cc2)OC1(C)C. The first kappa shape index (κ1) is 19.5. The van der Waals surface area contributed by atoms with E-state index in [0.717, 1.165) is 0 Å². The van der Waals surface area contributed by atoms with Crippen LogP contribution in [0.5, 0.6) is 5.75 Å². The molecule has 1 fully saturated rings. The van der Waals surface area contributed by atoms with Crippen LogP contribution in [0.3, 0.4) is 0 Å². The molecular weight excluding hydrogens is 328 g/mol. The van der Waals surface area contributed by atoms with Gasteiger partial charge in [0.1, 0.15) is 24.1 Å². The molecule has 0 aliphatic carbocycles. The van der Waals surface area contributed by atoms with Crippen molar-refractivity contribution in [3.05, 3.63) is 29.8 Å². The summed E-state index contributed by atoms with van der Waals surface area (Å²) in [6, 6.07) is 5.87. The van der Waals surface area contributed by atoms with E-state index in [1.165, 1.54) is 4.90 Å². The van der Waals surface area contributed by atoms with E-state index in [1.54, 1.807) is 58.9 Å². The number of rotatable bonds is 4. The number of hydrogen-bond acceptors (Lipinski definition) is 5. The fraction of sp³-hybridized carbons (Fsp3) is 0.588. The highest BCUT2D eigenvalue weighted by molar-refractivity contribution is 6.17. The number of carbonyl (C=O) groups excluding carboxylic acids is 1. The summed E-state index contributed by atoms with van der Waals surface area (Å²) < 4.78 is 30.1. The van der Waals surface area contributed by atoms with Crippen LogP contribution < -0.4 is 4.65 Å².